The highest BCUT2D eigenvalue weighted by Crippen LogP contribution is 2.24. The van der Waals surface area contributed by atoms with Gasteiger partial charge in [-0.15, -0.1) is 0 Å². The molecule has 2 aromatic carbocycles. The highest BCUT2D eigenvalue weighted by atomic mass is 19.1. The molecule has 0 radical (unpaired) electrons. The molecule has 0 aliphatic carbocycles. The van der Waals surface area contributed by atoms with Crippen molar-refractivity contribution in [2.75, 3.05) is 10.6 Å². The van der Waals surface area contributed by atoms with Crippen LogP contribution in [0.1, 0.15) is 25.5 Å². The Hall–Kier alpha value is -3.88. The van der Waals surface area contributed by atoms with Crippen LogP contribution in [0.15, 0.2) is 53.3 Å². The summed E-state index contributed by atoms with van der Waals surface area (Å²) in [5.74, 6) is -2.48. The third-order valence-corrected chi connectivity index (χ3v) is 4.60. The topological polar surface area (TPSA) is 93.1 Å². The van der Waals surface area contributed by atoms with Gasteiger partial charge in [-0.2, -0.15) is 5.10 Å². The molecule has 9 heteroatoms. The van der Waals surface area contributed by atoms with Gasteiger partial charge >= 0.3 is 0 Å². The number of hydrogen-bond acceptors (Lipinski definition) is 4. The standard InChI is InChI=1S/C22H20F2N4O3/c1-12-4-5-15(10-19(12)25-14(3)29)18-8-9-21(30)28(27-18)13(2)22(31)26-20-11-16(23)6-7-17(20)24/h4-11,13H,1-3H3,(H,25,29)(H,26,31). The summed E-state index contributed by atoms with van der Waals surface area (Å²) in [5.41, 5.74) is 1.57. The SMILES string of the molecule is CC(=O)Nc1cc(-c2ccc(=O)n(C(C)C(=O)Nc3cc(F)ccc3F)n2)ccc1C. The van der Waals surface area contributed by atoms with Crippen LogP contribution in [0.5, 0.6) is 0 Å². The van der Waals surface area contributed by atoms with Crippen LogP contribution in [0.3, 0.4) is 0 Å². The second kappa shape index (κ2) is 8.86. The Kier molecular flexibility index (Phi) is 6.24. The Morgan fingerprint density at radius 3 is 2.45 bits per heavy atom. The number of anilines is 2. The summed E-state index contributed by atoms with van der Waals surface area (Å²) in [6.07, 6.45) is 0. The molecule has 0 fully saturated rings. The third-order valence-electron chi connectivity index (χ3n) is 4.60. The maximum atomic E-state index is 13.8. The van der Waals surface area contributed by atoms with Crippen molar-refractivity contribution in [1.82, 2.24) is 9.78 Å². The van der Waals surface area contributed by atoms with Crippen molar-refractivity contribution in [1.29, 1.82) is 0 Å². The summed E-state index contributed by atoms with van der Waals surface area (Å²) in [7, 11) is 0. The summed E-state index contributed by atoms with van der Waals surface area (Å²) in [5, 5.41) is 9.25. The second-order valence-corrected chi connectivity index (χ2v) is 7.00. The van der Waals surface area contributed by atoms with Crippen molar-refractivity contribution in [3.05, 3.63) is 76.1 Å². The Bertz CT molecular complexity index is 1220. The van der Waals surface area contributed by atoms with Crippen LogP contribution in [0.4, 0.5) is 20.2 Å². The number of carbonyl (C=O) groups excluding carboxylic acids is 2. The number of carbonyl (C=O) groups is 2. The predicted octanol–water partition coefficient (Wildman–Crippen LogP) is 3.66. The lowest BCUT2D eigenvalue weighted by Crippen LogP contribution is -2.33. The number of rotatable bonds is 5. The van der Waals surface area contributed by atoms with Gasteiger partial charge in [0.1, 0.15) is 17.7 Å². The number of aromatic nitrogens is 2. The number of hydrogen-bond donors (Lipinski definition) is 2. The number of nitrogens with one attached hydrogen (secondary N) is 2. The van der Waals surface area contributed by atoms with E-state index in [0.717, 1.165) is 28.4 Å². The van der Waals surface area contributed by atoms with E-state index in [9.17, 15) is 23.2 Å². The van der Waals surface area contributed by atoms with Gasteiger partial charge in [0.15, 0.2) is 0 Å². The fourth-order valence-corrected chi connectivity index (χ4v) is 2.90. The molecule has 3 rings (SSSR count). The normalized spacial score (nSPS) is 11.6. The molecule has 1 unspecified atom stereocenters. The molecule has 2 N–H and O–H groups in total. The van der Waals surface area contributed by atoms with Crippen LogP contribution in [-0.2, 0) is 9.59 Å². The number of nitrogens with zero attached hydrogens (tertiary/aromatic N) is 2. The molecule has 3 aromatic rings. The van der Waals surface area contributed by atoms with E-state index in [1.165, 1.54) is 26.0 Å². The molecule has 160 valence electrons. The first-order valence-electron chi connectivity index (χ1n) is 9.40. The molecular formula is C22H20F2N4O3. The fourth-order valence-electron chi connectivity index (χ4n) is 2.90. The number of amides is 2. The lowest BCUT2D eigenvalue weighted by Gasteiger charge is -2.16. The molecule has 1 heterocycles. The van der Waals surface area contributed by atoms with Crippen LogP contribution in [0.2, 0.25) is 0 Å². The smallest absolute Gasteiger partial charge is 0.267 e. The molecule has 0 aliphatic heterocycles. The number of halogens is 2. The van der Waals surface area contributed by atoms with Gasteiger partial charge in [0.25, 0.3) is 5.56 Å². The second-order valence-electron chi connectivity index (χ2n) is 7.00. The van der Waals surface area contributed by atoms with Gasteiger partial charge in [-0.1, -0.05) is 12.1 Å². The Labute approximate surface area is 176 Å². The summed E-state index contributed by atoms with van der Waals surface area (Å²) in [4.78, 5) is 36.3. The van der Waals surface area contributed by atoms with E-state index in [2.05, 4.69) is 15.7 Å². The van der Waals surface area contributed by atoms with Crippen molar-refractivity contribution >= 4 is 23.2 Å². The van der Waals surface area contributed by atoms with Crippen LogP contribution < -0.4 is 16.2 Å². The summed E-state index contributed by atoms with van der Waals surface area (Å²) >= 11 is 0. The van der Waals surface area contributed by atoms with Crippen LogP contribution in [0, 0.1) is 18.6 Å². The van der Waals surface area contributed by atoms with E-state index in [0.29, 0.717) is 16.9 Å². The zero-order valence-electron chi connectivity index (χ0n) is 17.1. The van der Waals surface area contributed by atoms with E-state index in [1.54, 1.807) is 18.2 Å². The minimum atomic E-state index is -1.10. The zero-order chi connectivity index (χ0) is 22.7. The summed E-state index contributed by atoms with van der Waals surface area (Å²) in [6, 6.07) is 9.60. The van der Waals surface area contributed by atoms with Gasteiger partial charge in [-0.3, -0.25) is 14.4 Å². The van der Waals surface area contributed by atoms with Crippen molar-refractivity contribution in [2.24, 2.45) is 0 Å². The van der Waals surface area contributed by atoms with E-state index in [1.807, 2.05) is 6.92 Å². The minimum absolute atomic E-state index is 0.229. The maximum Gasteiger partial charge on any atom is 0.267 e. The average Bonchev–Trinajstić information content (AvgIpc) is 2.72. The molecule has 7 nitrogen and oxygen atoms in total. The Morgan fingerprint density at radius 2 is 1.74 bits per heavy atom. The van der Waals surface area contributed by atoms with Crippen molar-refractivity contribution in [3.8, 4) is 11.3 Å². The molecule has 0 aliphatic rings. The molecule has 2 amide bonds. The van der Waals surface area contributed by atoms with E-state index >= 15 is 0 Å². The molecule has 0 saturated carbocycles. The monoisotopic (exact) mass is 426 g/mol. The van der Waals surface area contributed by atoms with Crippen molar-refractivity contribution in [2.45, 2.75) is 26.8 Å². The first kappa shape index (κ1) is 21.8. The predicted molar refractivity (Wildman–Crippen MR) is 113 cm³/mol. The van der Waals surface area contributed by atoms with E-state index in [-0.39, 0.29) is 11.6 Å². The number of benzene rings is 2. The van der Waals surface area contributed by atoms with Gasteiger partial charge in [0.2, 0.25) is 11.8 Å². The molecule has 0 saturated heterocycles. The van der Waals surface area contributed by atoms with E-state index in [4.69, 9.17) is 0 Å². The maximum absolute atomic E-state index is 13.8. The lowest BCUT2D eigenvalue weighted by atomic mass is 10.1. The zero-order valence-corrected chi connectivity index (χ0v) is 17.1. The summed E-state index contributed by atoms with van der Waals surface area (Å²) < 4.78 is 28.1. The molecule has 1 aromatic heterocycles. The van der Waals surface area contributed by atoms with Gasteiger partial charge in [-0.25, -0.2) is 13.5 Å². The van der Waals surface area contributed by atoms with Gasteiger partial charge in [0.05, 0.1) is 11.4 Å². The highest BCUT2D eigenvalue weighted by molar-refractivity contribution is 5.93. The van der Waals surface area contributed by atoms with E-state index < -0.39 is 29.1 Å². The van der Waals surface area contributed by atoms with Gasteiger partial charge in [-0.05, 0) is 43.7 Å². The fraction of sp³-hybridized carbons (Fsp3) is 0.182. The largest absolute Gasteiger partial charge is 0.326 e. The minimum Gasteiger partial charge on any atom is -0.326 e. The molecule has 0 spiro atoms. The Morgan fingerprint density at radius 1 is 1.00 bits per heavy atom. The van der Waals surface area contributed by atoms with Crippen LogP contribution in [0.25, 0.3) is 11.3 Å². The first-order valence-corrected chi connectivity index (χ1v) is 9.40. The van der Waals surface area contributed by atoms with Gasteiger partial charge in [0, 0.05) is 30.3 Å². The lowest BCUT2D eigenvalue weighted by molar-refractivity contribution is -0.119. The third kappa shape index (κ3) is 5.00. The molecular weight excluding hydrogens is 406 g/mol. The van der Waals surface area contributed by atoms with Crippen molar-refractivity contribution < 1.29 is 18.4 Å². The van der Waals surface area contributed by atoms with Crippen LogP contribution in [-0.4, -0.2) is 21.6 Å². The molecule has 1 atom stereocenters. The average molecular weight is 426 g/mol. The quantitative estimate of drug-likeness (QED) is 0.651. The van der Waals surface area contributed by atoms with Crippen molar-refractivity contribution in [3.63, 3.8) is 0 Å². The molecule has 31 heavy (non-hydrogen) atoms. The number of aryl methyl sites for hydroxylation is 1. The first-order chi connectivity index (χ1) is 14.7. The van der Waals surface area contributed by atoms with Crippen LogP contribution >= 0.6 is 0 Å². The highest BCUT2D eigenvalue weighted by Gasteiger charge is 2.20. The Balaban J connectivity index is 1.92. The molecule has 0 bridgehead atoms. The summed E-state index contributed by atoms with van der Waals surface area (Å²) in [6.45, 7) is 4.65. The van der Waals surface area contributed by atoms with Gasteiger partial charge < -0.3 is 10.6 Å².